The lowest BCUT2D eigenvalue weighted by Crippen LogP contribution is -2.41. The van der Waals surface area contributed by atoms with Crippen LogP contribution in [-0.2, 0) is 21.4 Å². The summed E-state index contributed by atoms with van der Waals surface area (Å²) in [6.07, 6.45) is 2.51. The summed E-state index contributed by atoms with van der Waals surface area (Å²) in [4.78, 5) is 12.9. The molecule has 1 saturated heterocycles. The molecule has 0 radical (unpaired) electrons. The molecule has 7 nitrogen and oxygen atoms in total. The Hall–Kier alpha value is -2.39. The number of nitrogens with one attached hydrogen (secondary N) is 1. The van der Waals surface area contributed by atoms with Crippen LogP contribution >= 0.6 is 23.2 Å². The second-order valence-corrected chi connectivity index (χ2v) is 10.4. The topological polar surface area (TPSA) is 84.3 Å². The van der Waals surface area contributed by atoms with E-state index in [1.165, 1.54) is 16.4 Å². The first-order valence-electron chi connectivity index (χ1n) is 10.2. The largest absolute Gasteiger partial charge is 0.308 e. The van der Waals surface area contributed by atoms with E-state index in [9.17, 15) is 13.2 Å². The number of sulfonamides is 1. The van der Waals surface area contributed by atoms with Gasteiger partial charge in [0.05, 0.1) is 11.4 Å². The van der Waals surface area contributed by atoms with Crippen LogP contribution in [0, 0.1) is 5.92 Å². The van der Waals surface area contributed by atoms with E-state index in [4.69, 9.17) is 23.2 Å². The zero-order valence-corrected chi connectivity index (χ0v) is 19.4. The van der Waals surface area contributed by atoms with Gasteiger partial charge in [0.1, 0.15) is 5.02 Å². The highest BCUT2D eigenvalue weighted by atomic mass is 35.5. The Balaban J connectivity index is 1.35. The van der Waals surface area contributed by atoms with Gasteiger partial charge < -0.3 is 5.32 Å². The lowest BCUT2D eigenvalue weighted by Gasteiger charge is -2.30. The maximum Gasteiger partial charge on any atom is 0.243 e. The van der Waals surface area contributed by atoms with Crippen molar-refractivity contribution in [2.75, 3.05) is 18.4 Å². The lowest BCUT2D eigenvalue weighted by molar-refractivity contribution is -0.120. The fourth-order valence-corrected chi connectivity index (χ4v) is 5.46. The van der Waals surface area contributed by atoms with Crippen molar-refractivity contribution in [2.24, 2.45) is 5.92 Å². The van der Waals surface area contributed by atoms with Gasteiger partial charge in [0.25, 0.3) is 0 Å². The van der Waals surface area contributed by atoms with E-state index in [0.29, 0.717) is 35.2 Å². The first kappa shape index (κ1) is 22.8. The molecule has 0 bridgehead atoms. The van der Waals surface area contributed by atoms with Crippen LogP contribution < -0.4 is 5.32 Å². The minimum absolute atomic E-state index is 0.195. The van der Waals surface area contributed by atoms with Crippen LogP contribution in [0.25, 0.3) is 0 Å². The summed E-state index contributed by atoms with van der Waals surface area (Å²) in [5.41, 5.74) is 1.07. The average Bonchev–Trinajstić information content (AvgIpc) is 3.13. The molecule has 1 aliphatic heterocycles. The van der Waals surface area contributed by atoms with Gasteiger partial charge >= 0.3 is 0 Å². The van der Waals surface area contributed by atoms with Gasteiger partial charge in [-0.15, -0.1) is 0 Å². The third kappa shape index (κ3) is 5.15. The maximum absolute atomic E-state index is 12.8. The summed E-state index contributed by atoms with van der Waals surface area (Å²) in [7, 11) is -3.61. The molecule has 4 rings (SSSR count). The molecule has 32 heavy (non-hydrogen) atoms. The van der Waals surface area contributed by atoms with Gasteiger partial charge in [0.2, 0.25) is 15.9 Å². The number of benzene rings is 2. The minimum Gasteiger partial charge on any atom is -0.308 e. The highest BCUT2D eigenvalue weighted by Gasteiger charge is 2.32. The smallest absolute Gasteiger partial charge is 0.243 e. The number of piperidine rings is 1. The Bertz CT molecular complexity index is 1190. The molecule has 0 saturated carbocycles. The molecule has 0 aliphatic carbocycles. The fraction of sp³-hybridized carbons (Fsp3) is 0.273. The zero-order valence-electron chi connectivity index (χ0n) is 17.1. The number of carbonyl (C=O) groups is 1. The molecular weight excluding hydrogens is 471 g/mol. The highest BCUT2D eigenvalue weighted by Crippen LogP contribution is 2.27. The Kier molecular flexibility index (Phi) is 6.85. The van der Waals surface area contributed by atoms with E-state index in [2.05, 4.69) is 10.4 Å². The van der Waals surface area contributed by atoms with Gasteiger partial charge in [-0.25, -0.2) is 8.42 Å². The van der Waals surface area contributed by atoms with Crippen LogP contribution in [0.2, 0.25) is 10.0 Å². The van der Waals surface area contributed by atoms with Gasteiger partial charge in [-0.05, 0) is 42.7 Å². The SMILES string of the molecule is O=C(Nc1nn(Cc2ccccc2)cc1Cl)C1CCN(S(=O)(=O)c2ccc(Cl)cc2)CC1. The summed E-state index contributed by atoms with van der Waals surface area (Å²) in [5.74, 6) is -0.216. The van der Waals surface area contributed by atoms with Crippen molar-refractivity contribution in [3.05, 3.63) is 76.4 Å². The Morgan fingerprint density at radius 1 is 1.03 bits per heavy atom. The second-order valence-electron chi connectivity index (χ2n) is 7.63. The van der Waals surface area contributed by atoms with Gasteiger partial charge in [-0.2, -0.15) is 9.40 Å². The lowest BCUT2D eigenvalue weighted by atomic mass is 9.97. The quantitative estimate of drug-likeness (QED) is 0.556. The first-order valence-corrected chi connectivity index (χ1v) is 12.4. The molecule has 10 heteroatoms. The predicted molar refractivity (Wildman–Crippen MR) is 124 cm³/mol. The number of rotatable bonds is 6. The molecule has 1 aromatic heterocycles. The number of aromatic nitrogens is 2. The summed E-state index contributed by atoms with van der Waals surface area (Å²) in [6, 6.07) is 15.9. The van der Waals surface area contributed by atoms with Crippen molar-refractivity contribution in [3.8, 4) is 0 Å². The maximum atomic E-state index is 12.8. The van der Waals surface area contributed by atoms with Crippen molar-refractivity contribution in [3.63, 3.8) is 0 Å². The number of halogens is 2. The molecule has 168 valence electrons. The van der Waals surface area contributed by atoms with Crippen LogP contribution in [0.4, 0.5) is 5.82 Å². The standard InChI is InChI=1S/C22H22Cl2N4O3S/c23-18-6-8-19(9-7-18)32(30,31)28-12-10-17(11-13-28)22(29)25-21-20(24)15-27(26-21)14-16-4-2-1-3-5-16/h1-9,15,17H,10-14H2,(H,25,26,29). The molecule has 1 fully saturated rings. The third-order valence-corrected chi connectivity index (χ3v) is 7.86. The normalized spacial score (nSPS) is 15.6. The number of hydrogen-bond donors (Lipinski definition) is 1. The Morgan fingerprint density at radius 2 is 1.69 bits per heavy atom. The number of amides is 1. The monoisotopic (exact) mass is 492 g/mol. The Labute approximate surface area is 197 Å². The fourth-order valence-electron chi connectivity index (χ4n) is 3.67. The van der Waals surface area contributed by atoms with Crippen molar-refractivity contribution in [1.82, 2.24) is 14.1 Å². The Morgan fingerprint density at radius 3 is 2.34 bits per heavy atom. The van der Waals surface area contributed by atoms with Crippen LogP contribution in [0.5, 0.6) is 0 Å². The average molecular weight is 493 g/mol. The van der Waals surface area contributed by atoms with E-state index < -0.39 is 10.0 Å². The van der Waals surface area contributed by atoms with Crippen molar-refractivity contribution < 1.29 is 13.2 Å². The first-order chi connectivity index (χ1) is 15.3. The number of hydrogen-bond acceptors (Lipinski definition) is 4. The van der Waals surface area contributed by atoms with Crippen molar-refractivity contribution >= 4 is 45.0 Å². The van der Waals surface area contributed by atoms with E-state index in [-0.39, 0.29) is 29.8 Å². The third-order valence-electron chi connectivity index (χ3n) is 5.42. The molecule has 2 heterocycles. The zero-order chi connectivity index (χ0) is 22.7. The molecule has 2 aromatic carbocycles. The van der Waals surface area contributed by atoms with Crippen LogP contribution in [0.1, 0.15) is 18.4 Å². The predicted octanol–water partition coefficient (Wildman–Crippen LogP) is 4.28. The van der Waals surface area contributed by atoms with E-state index in [1.54, 1.807) is 23.0 Å². The van der Waals surface area contributed by atoms with Gasteiger partial charge in [0.15, 0.2) is 5.82 Å². The van der Waals surface area contributed by atoms with Gasteiger partial charge in [-0.3, -0.25) is 9.48 Å². The van der Waals surface area contributed by atoms with E-state index in [0.717, 1.165) is 5.56 Å². The number of nitrogens with zero attached hydrogens (tertiary/aromatic N) is 3. The summed E-state index contributed by atoms with van der Waals surface area (Å²) in [5, 5.41) is 8.00. The summed E-state index contributed by atoms with van der Waals surface area (Å²) < 4.78 is 28.7. The van der Waals surface area contributed by atoms with Crippen molar-refractivity contribution in [2.45, 2.75) is 24.3 Å². The van der Waals surface area contributed by atoms with Crippen LogP contribution in [0.15, 0.2) is 65.7 Å². The summed E-state index contributed by atoms with van der Waals surface area (Å²) in [6.45, 7) is 1.07. The minimum atomic E-state index is -3.61. The molecule has 3 aromatic rings. The molecule has 0 unspecified atom stereocenters. The van der Waals surface area contributed by atoms with Gasteiger partial charge in [-0.1, -0.05) is 53.5 Å². The molecular formula is C22H22Cl2N4O3S. The van der Waals surface area contributed by atoms with Crippen molar-refractivity contribution in [1.29, 1.82) is 0 Å². The van der Waals surface area contributed by atoms with Crippen LogP contribution in [0.3, 0.4) is 0 Å². The second kappa shape index (κ2) is 9.62. The van der Waals surface area contributed by atoms with E-state index in [1.807, 2.05) is 30.3 Å². The molecule has 0 atom stereocenters. The summed E-state index contributed by atoms with van der Waals surface area (Å²) >= 11 is 12.1. The molecule has 0 spiro atoms. The van der Waals surface area contributed by atoms with E-state index >= 15 is 0 Å². The van der Waals surface area contributed by atoms with Gasteiger partial charge in [0, 0.05) is 30.2 Å². The molecule has 1 amide bonds. The van der Waals surface area contributed by atoms with Crippen LogP contribution in [-0.4, -0.2) is 41.5 Å². The number of anilines is 1. The number of carbonyl (C=O) groups excluding carboxylic acids is 1. The highest BCUT2D eigenvalue weighted by molar-refractivity contribution is 7.89. The molecule has 1 N–H and O–H groups in total. The molecule has 1 aliphatic rings.